The lowest BCUT2D eigenvalue weighted by atomic mass is 9.46. The van der Waals surface area contributed by atoms with E-state index in [-0.39, 0.29) is 11.4 Å². The molecule has 2 spiro atoms. The van der Waals surface area contributed by atoms with Gasteiger partial charge >= 0.3 is 5.97 Å². The molecule has 0 aromatic carbocycles. The fourth-order valence-corrected chi connectivity index (χ4v) is 8.49. The van der Waals surface area contributed by atoms with Gasteiger partial charge in [-0.3, -0.25) is 4.79 Å². The summed E-state index contributed by atoms with van der Waals surface area (Å²) in [6, 6.07) is 0. The van der Waals surface area contributed by atoms with Crippen LogP contribution in [0.25, 0.3) is 0 Å². The first kappa shape index (κ1) is 19.7. The van der Waals surface area contributed by atoms with E-state index < -0.39 is 17.0 Å². The Bertz CT molecular complexity index is 764. The third-order valence-corrected chi connectivity index (χ3v) is 9.78. The van der Waals surface area contributed by atoms with Crippen molar-refractivity contribution >= 4 is 5.97 Å². The van der Waals surface area contributed by atoms with Gasteiger partial charge in [0, 0.05) is 18.3 Å². The molecule has 0 radical (unpaired) electrons. The predicted molar refractivity (Wildman–Crippen MR) is 107 cm³/mol. The summed E-state index contributed by atoms with van der Waals surface area (Å²) < 4.78 is 30.0. The molecule has 3 saturated carbocycles. The first-order chi connectivity index (χ1) is 14.5. The van der Waals surface area contributed by atoms with Crippen molar-refractivity contribution < 1.29 is 28.5 Å². The maximum atomic E-state index is 13.4. The zero-order valence-corrected chi connectivity index (χ0v) is 18.2. The van der Waals surface area contributed by atoms with Crippen LogP contribution in [0.15, 0.2) is 11.6 Å². The Morgan fingerprint density at radius 3 is 2.37 bits per heavy atom. The summed E-state index contributed by atoms with van der Waals surface area (Å²) in [5, 5.41) is 0. The van der Waals surface area contributed by atoms with Crippen molar-refractivity contribution in [2.45, 2.75) is 69.9 Å². The van der Waals surface area contributed by atoms with Crippen molar-refractivity contribution in [2.24, 2.45) is 28.6 Å². The molecule has 5 atom stereocenters. The lowest BCUT2D eigenvalue weighted by Gasteiger charge is -2.59. The number of hydrogen-bond donors (Lipinski definition) is 0. The Labute approximate surface area is 178 Å². The van der Waals surface area contributed by atoms with Gasteiger partial charge in [0.15, 0.2) is 11.6 Å². The monoisotopic (exact) mass is 418 g/mol. The predicted octanol–water partition coefficient (Wildman–Crippen LogP) is 3.59. The highest BCUT2D eigenvalue weighted by molar-refractivity contribution is 5.82. The van der Waals surface area contributed by atoms with E-state index in [9.17, 15) is 4.79 Å². The summed E-state index contributed by atoms with van der Waals surface area (Å²) in [4.78, 5) is 13.4. The van der Waals surface area contributed by atoms with E-state index in [2.05, 4.69) is 13.0 Å². The van der Waals surface area contributed by atoms with Crippen LogP contribution in [0.5, 0.6) is 0 Å². The summed E-state index contributed by atoms with van der Waals surface area (Å²) >= 11 is 0. The van der Waals surface area contributed by atoms with Crippen molar-refractivity contribution in [2.75, 3.05) is 33.5 Å². The van der Waals surface area contributed by atoms with Crippen LogP contribution in [-0.2, 0) is 28.5 Å². The standard InChI is InChI=1S/C24H34O6/c1-21-7-5-19-17(18(21)6-8-24(21)29-13-14-30-24)4-3-16-15-22(27-11-12-28-22)9-10-23(16,19)20(25)26-2/h15,17-19H,3-14H2,1-2H3/t17-,18-,19-,21-,23+/m1/s1. The molecule has 6 rings (SSSR count). The van der Waals surface area contributed by atoms with Crippen molar-refractivity contribution in [1.29, 1.82) is 0 Å². The van der Waals surface area contributed by atoms with E-state index in [1.165, 1.54) is 5.57 Å². The smallest absolute Gasteiger partial charge is 0.316 e. The molecule has 0 bridgehead atoms. The SMILES string of the molecule is COC(=O)[C@@]12CCC3(C=C1CC[C@H]1[C@H]2CC[C@]2(C)[C@@H]1CCC21OCCO1)OCCO3. The Kier molecular flexibility index (Phi) is 4.29. The average molecular weight is 419 g/mol. The van der Waals surface area contributed by atoms with Crippen LogP contribution >= 0.6 is 0 Å². The number of hydrogen-bond acceptors (Lipinski definition) is 6. The van der Waals surface area contributed by atoms with Crippen LogP contribution in [0, 0.1) is 28.6 Å². The van der Waals surface area contributed by atoms with E-state index >= 15 is 0 Å². The molecule has 6 nitrogen and oxygen atoms in total. The van der Waals surface area contributed by atoms with E-state index in [1.807, 2.05) is 0 Å². The van der Waals surface area contributed by atoms with Gasteiger partial charge in [-0.15, -0.1) is 0 Å². The second-order valence-corrected chi connectivity index (χ2v) is 10.5. The van der Waals surface area contributed by atoms with Gasteiger partial charge in [-0.2, -0.15) is 0 Å². The molecule has 2 saturated heterocycles. The number of methoxy groups -OCH3 is 1. The molecule has 30 heavy (non-hydrogen) atoms. The third kappa shape index (κ3) is 2.31. The molecule has 2 heterocycles. The van der Waals surface area contributed by atoms with Gasteiger partial charge in [0.1, 0.15) is 0 Å². The van der Waals surface area contributed by atoms with Crippen LogP contribution in [0.1, 0.15) is 58.3 Å². The van der Waals surface area contributed by atoms with Gasteiger partial charge in [-0.05, 0) is 62.4 Å². The molecular formula is C24H34O6. The summed E-state index contributed by atoms with van der Waals surface area (Å²) in [7, 11) is 1.54. The molecule has 0 N–H and O–H groups in total. The van der Waals surface area contributed by atoms with E-state index in [0.29, 0.717) is 44.2 Å². The third-order valence-electron chi connectivity index (χ3n) is 9.78. The van der Waals surface area contributed by atoms with Crippen LogP contribution in [0.2, 0.25) is 0 Å². The highest BCUT2D eigenvalue weighted by Gasteiger charge is 2.69. The normalized spacial score (nSPS) is 45.7. The number of carbonyl (C=O) groups is 1. The minimum absolute atomic E-state index is 0.0385. The number of rotatable bonds is 1. The van der Waals surface area contributed by atoms with Crippen LogP contribution < -0.4 is 0 Å². The van der Waals surface area contributed by atoms with E-state index in [4.69, 9.17) is 23.7 Å². The Morgan fingerprint density at radius 2 is 1.63 bits per heavy atom. The average Bonchev–Trinajstić information content (AvgIpc) is 3.49. The van der Waals surface area contributed by atoms with Gasteiger partial charge in [-0.1, -0.05) is 12.5 Å². The summed E-state index contributed by atoms with van der Waals surface area (Å²) in [6.07, 6.45) is 9.86. The first-order valence-electron chi connectivity index (χ1n) is 11.9. The highest BCUT2D eigenvalue weighted by atomic mass is 16.7. The maximum absolute atomic E-state index is 13.4. The first-order valence-corrected chi connectivity index (χ1v) is 11.9. The zero-order valence-electron chi connectivity index (χ0n) is 18.2. The van der Waals surface area contributed by atoms with Gasteiger partial charge in [0.05, 0.1) is 39.0 Å². The van der Waals surface area contributed by atoms with Crippen LogP contribution in [0.3, 0.4) is 0 Å². The van der Waals surface area contributed by atoms with Crippen molar-refractivity contribution in [3.8, 4) is 0 Å². The molecule has 4 aliphatic carbocycles. The topological polar surface area (TPSA) is 63.2 Å². The van der Waals surface area contributed by atoms with E-state index in [0.717, 1.165) is 51.4 Å². The second-order valence-electron chi connectivity index (χ2n) is 10.5. The summed E-state index contributed by atoms with van der Waals surface area (Å²) in [5.41, 5.74) is 0.720. The van der Waals surface area contributed by atoms with Gasteiger partial charge in [0.25, 0.3) is 0 Å². The van der Waals surface area contributed by atoms with E-state index in [1.54, 1.807) is 7.11 Å². The summed E-state index contributed by atoms with van der Waals surface area (Å²) in [6.45, 7) is 5.06. The van der Waals surface area contributed by atoms with Crippen molar-refractivity contribution in [1.82, 2.24) is 0 Å². The highest BCUT2D eigenvalue weighted by Crippen LogP contribution is 2.69. The van der Waals surface area contributed by atoms with Crippen molar-refractivity contribution in [3.05, 3.63) is 11.6 Å². The molecule has 6 heteroatoms. The number of fused-ring (bicyclic) bond motifs is 6. The quantitative estimate of drug-likeness (QED) is 0.479. The minimum Gasteiger partial charge on any atom is -0.468 e. The molecule has 0 aromatic rings. The molecule has 6 aliphatic rings. The summed E-state index contributed by atoms with van der Waals surface area (Å²) in [5.74, 6) is 0.281. The molecule has 2 aliphatic heterocycles. The van der Waals surface area contributed by atoms with Gasteiger partial charge < -0.3 is 23.7 Å². The van der Waals surface area contributed by atoms with Crippen LogP contribution in [0.4, 0.5) is 0 Å². The molecule has 0 unspecified atom stereocenters. The molecule has 166 valence electrons. The van der Waals surface area contributed by atoms with Gasteiger partial charge in [-0.25, -0.2) is 0 Å². The van der Waals surface area contributed by atoms with Gasteiger partial charge in [0.2, 0.25) is 0 Å². The lowest BCUT2D eigenvalue weighted by Crippen LogP contribution is -2.58. The van der Waals surface area contributed by atoms with Crippen molar-refractivity contribution in [3.63, 3.8) is 0 Å². The second kappa shape index (κ2) is 6.53. The molecule has 5 fully saturated rings. The number of ether oxygens (including phenoxy) is 5. The van der Waals surface area contributed by atoms with Crippen LogP contribution in [-0.4, -0.2) is 51.1 Å². The Balaban J connectivity index is 1.38. The number of esters is 1. The maximum Gasteiger partial charge on any atom is 0.316 e. The zero-order chi connectivity index (χ0) is 20.6. The lowest BCUT2D eigenvalue weighted by molar-refractivity contribution is -0.244. The largest absolute Gasteiger partial charge is 0.468 e. The number of carbonyl (C=O) groups excluding carboxylic acids is 1. The fourth-order valence-electron chi connectivity index (χ4n) is 8.49. The Morgan fingerprint density at radius 1 is 0.933 bits per heavy atom. The Hall–Kier alpha value is -0.950. The molecule has 0 aromatic heterocycles. The fraction of sp³-hybridized carbons (Fsp3) is 0.875. The minimum atomic E-state index is -0.619. The molecular weight excluding hydrogens is 384 g/mol. The molecule has 0 amide bonds.